The van der Waals surface area contributed by atoms with Crippen molar-refractivity contribution in [1.29, 1.82) is 0 Å². The molecule has 0 aliphatic rings. The van der Waals surface area contributed by atoms with Gasteiger partial charge in [-0.25, -0.2) is 9.18 Å². The minimum atomic E-state index is -0.533. The van der Waals surface area contributed by atoms with Gasteiger partial charge in [-0.05, 0) is 38.1 Å². The average Bonchev–Trinajstić information content (AvgIpc) is 3.06. The van der Waals surface area contributed by atoms with Gasteiger partial charge in [0.1, 0.15) is 28.5 Å². The van der Waals surface area contributed by atoms with Crippen LogP contribution < -0.4 is 0 Å². The number of carbonyl (C=O) groups is 1. The van der Waals surface area contributed by atoms with Gasteiger partial charge in [-0.3, -0.25) is 4.99 Å². The highest BCUT2D eigenvalue weighted by Crippen LogP contribution is 2.41. The van der Waals surface area contributed by atoms with E-state index in [-0.39, 0.29) is 23.7 Å². The molecule has 1 heterocycles. The minimum absolute atomic E-state index is 0.0229. The summed E-state index contributed by atoms with van der Waals surface area (Å²) in [7, 11) is 0. The number of aliphatic imine (C=N–C) groups is 1. The summed E-state index contributed by atoms with van der Waals surface area (Å²) >= 11 is 0. The number of carbonyl (C=O) groups excluding carboxylic acids is 1. The second-order valence-corrected chi connectivity index (χ2v) is 6.50. The van der Waals surface area contributed by atoms with Gasteiger partial charge in [-0.15, -0.1) is 0 Å². The Hall–Kier alpha value is -3.67. The number of rotatable bonds is 4. The molecule has 29 heavy (non-hydrogen) atoms. The van der Waals surface area contributed by atoms with Crippen molar-refractivity contribution in [2.75, 3.05) is 6.61 Å². The summed E-state index contributed by atoms with van der Waals surface area (Å²) in [5.74, 6) is -0.527. The Morgan fingerprint density at radius 3 is 2.55 bits per heavy atom. The molecule has 3 aromatic carbocycles. The van der Waals surface area contributed by atoms with E-state index in [0.717, 1.165) is 0 Å². The quantitative estimate of drug-likeness (QED) is 0.360. The second kappa shape index (κ2) is 7.39. The molecule has 0 unspecified atom stereocenters. The largest absolute Gasteiger partial charge is 0.507 e. The number of fused-ring (bicyclic) bond motifs is 3. The number of phenolic OH excluding ortho intramolecular Hbond substituents is 1. The molecule has 0 spiro atoms. The number of benzene rings is 3. The fourth-order valence-corrected chi connectivity index (χ4v) is 3.38. The van der Waals surface area contributed by atoms with E-state index in [1.165, 1.54) is 30.5 Å². The van der Waals surface area contributed by atoms with Crippen molar-refractivity contribution in [3.05, 3.63) is 71.2 Å². The molecule has 1 aromatic heterocycles. The summed E-state index contributed by atoms with van der Waals surface area (Å²) in [5, 5.41) is 12.7. The molecule has 0 radical (unpaired) electrons. The molecule has 5 nitrogen and oxygen atoms in total. The van der Waals surface area contributed by atoms with Crippen molar-refractivity contribution in [1.82, 2.24) is 0 Å². The lowest BCUT2D eigenvalue weighted by atomic mass is 9.98. The molecule has 0 atom stereocenters. The first kappa shape index (κ1) is 18.7. The molecular weight excluding hydrogens is 373 g/mol. The van der Waals surface area contributed by atoms with Crippen LogP contribution in [0.15, 0.2) is 57.9 Å². The van der Waals surface area contributed by atoms with E-state index in [1.54, 1.807) is 26.0 Å². The highest BCUT2D eigenvalue weighted by Gasteiger charge is 2.25. The van der Waals surface area contributed by atoms with Crippen LogP contribution in [-0.2, 0) is 4.74 Å². The molecule has 1 N–H and O–H groups in total. The van der Waals surface area contributed by atoms with Crippen LogP contribution in [0.2, 0.25) is 0 Å². The van der Waals surface area contributed by atoms with Crippen LogP contribution in [0, 0.1) is 12.7 Å². The van der Waals surface area contributed by atoms with E-state index in [4.69, 9.17) is 9.15 Å². The van der Waals surface area contributed by atoms with Gasteiger partial charge in [0.2, 0.25) is 0 Å². The maximum atomic E-state index is 13.2. The first-order valence-electron chi connectivity index (χ1n) is 9.14. The zero-order chi connectivity index (χ0) is 20.5. The molecule has 0 amide bonds. The SMILES string of the molecule is CCOC(=O)c1c(C)oc2c1c(C=Nc1ccc(F)cc1)c(O)c1ccccc12. The number of aromatic hydroxyl groups is 1. The Morgan fingerprint density at radius 1 is 1.17 bits per heavy atom. The van der Waals surface area contributed by atoms with E-state index in [1.807, 2.05) is 12.1 Å². The molecule has 0 aliphatic heterocycles. The van der Waals surface area contributed by atoms with E-state index >= 15 is 0 Å². The number of esters is 1. The van der Waals surface area contributed by atoms with Gasteiger partial charge in [-0.2, -0.15) is 0 Å². The first-order chi connectivity index (χ1) is 14.0. The lowest BCUT2D eigenvalue weighted by Gasteiger charge is -2.08. The molecule has 146 valence electrons. The van der Waals surface area contributed by atoms with E-state index < -0.39 is 5.97 Å². The molecule has 0 fully saturated rings. The maximum absolute atomic E-state index is 13.2. The van der Waals surface area contributed by atoms with Crippen LogP contribution in [0.25, 0.3) is 21.7 Å². The minimum Gasteiger partial charge on any atom is -0.507 e. The zero-order valence-corrected chi connectivity index (χ0v) is 15.9. The van der Waals surface area contributed by atoms with Gasteiger partial charge in [0.25, 0.3) is 0 Å². The van der Waals surface area contributed by atoms with Crippen LogP contribution in [0.4, 0.5) is 10.1 Å². The third-order valence-electron chi connectivity index (χ3n) is 4.68. The molecule has 0 bridgehead atoms. The summed E-state index contributed by atoms with van der Waals surface area (Å²) in [4.78, 5) is 16.9. The number of phenols is 1. The summed E-state index contributed by atoms with van der Waals surface area (Å²) in [6, 6.07) is 12.9. The molecule has 0 aliphatic carbocycles. The highest BCUT2D eigenvalue weighted by molar-refractivity contribution is 6.21. The number of hydrogen-bond acceptors (Lipinski definition) is 5. The Kier molecular flexibility index (Phi) is 4.76. The van der Waals surface area contributed by atoms with Crippen LogP contribution in [0.3, 0.4) is 0 Å². The van der Waals surface area contributed by atoms with Crippen molar-refractivity contribution in [3.8, 4) is 5.75 Å². The number of halogens is 1. The predicted octanol–water partition coefficient (Wildman–Crippen LogP) is 5.67. The Balaban J connectivity index is 2.03. The van der Waals surface area contributed by atoms with E-state index in [9.17, 15) is 14.3 Å². The van der Waals surface area contributed by atoms with Gasteiger partial charge in [-0.1, -0.05) is 24.3 Å². The summed E-state index contributed by atoms with van der Waals surface area (Å²) in [6.07, 6.45) is 1.45. The van der Waals surface area contributed by atoms with E-state index in [0.29, 0.717) is 38.8 Å². The zero-order valence-electron chi connectivity index (χ0n) is 15.9. The number of furan rings is 1. The summed E-state index contributed by atoms with van der Waals surface area (Å²) in [5.41, 5.74) is 1.57. The van der Waals surface area contributed by atoms with Gasteiger partial charge in [0.15, 0.2) is 0 Å². The van der Waals surface area contributed by atoms with Gasteiger partial charge in [0.05, 0.1) is 12.3 Å². The standard InChI is InChI=1S/C23H18FNO4/c1-3-28-23(27)19-13(2)29-22-17-7-5-4-6-16(17)21(26)18(20(19)22)12-25-15-10-8-14(24)9-11-15/h4-12,26H,3H2,1-2H3. The Morgan fingerprint density at radius 2 is 1.86 bits per heavy atom. The number of nitrogens with zero attached hydrogens (tertiary/aromatic N) is 1. The average molecular weight is 391 g/mol. The lowest BCUT2D eigenvalue weighted by Crippen LogP contribution is -2.06. The number of aryl methyl sites for hydroxylation is 1. The van der Waals surface area contributed by atoms with Crippen LogP contribution in [-0.4, -0.2) is 23.9 Å². The van der Waals surface area contributed by atoms with Crippen LogP contribution in [0.1, 0.15) is 28.6 Å². The highest BCUT2D eigenvalue weighted by atomic mass is 19.1. The van der Waals surface area contributed by atoms with Gasteiger partial charge in [0, 0.05) is 27.9 Å². The van der Waals surface area contributed by atoms with Crippen LogP contribution >= 0.6 is 0 Å². The lowest BCUT2D eigenvalue weighted by molar-refractivity contribution is 0.0526. The third kappa shape index (κ3) is 3.23. The molecule has 0 saturated heterocycles. The van der Waals surface area contributed by atoms with Crippen molar-refractivity contribution in [2.24, 2.45) is 4.99 Å². The van der Waals surface area contributed by atoms with Crippen molar-refractivity contribution < 1.29 is 23.4 Å². The third-order valence-corrected chi connectivity index (χ3v) is 4.68. The smallest absolute Gasteiger partial charge is 0.342 e. The number of ether oxygens (including phenoxy) is 1. The number of hydrogen-bond donors (Lipinski definition) is 1. The fourth-order valence-electron chi connectivity index (χ4n) is 3.38. The maximum Gasteiger partial charge on any atom is 0.342 e. The van der Waals surface area contributed by atoms with Crippen molar-refractivity contribution >= 4 is 39.6 Å². The molecule has 4 rings (SSSR count). The first-order valence-corrected chi connectivity index (χ1v) is 9.14. The fraction of sp³-hybridized carbons (Fsp3) is 0.130. The Labute approximate surface area is 166 Å². The summed E-state index contributed by atoms with van der Waals surface area (Å²) in [6.45, 7) is 3.61. The monoisotopic (exact) mass is 391 g/mol. The molecule has 4 aromatic rings. The normalized spacial score (nSPS) is 11.6. The van der Waals surface area contributed by atoms with Crippen molar-refractivity contribution in [2.45, 2.75) is 13.8 Å². The predicted molar refractivity (Wildman–Crippen MR) is 110 cm³/mol. The van der Waals surface area contributed by atoms with Gasteiger partial charge < -0.3 is 14.3 Å². The Bertz CT molecular complexity index is 1260. The molecular formula is C23H18FNO4. The van der Waals surface area contributed by atoms with E-state index in [2.05, 4.69) is 4.99 Å². The second-order valence-electron chi connectivity index (χ2n) is 6.50. The van der Waals surface area contributed by atoms with Crippen LogP contribution in [0.5, 0.6) is 5.75 Å². The van der Waals surface area contributed by atoms with Gasteiger partial charge >= 0.3 is 5.97 Å². The van der Waals surface area contributed by atoms with Crippen molar-refractivity contribution in [3.63, 3.8) is 0 Å². The molecule has 6 heteroatoms. The summed E-state index contributed by atoms with van der Waals surface area (Å²) < 4.78 is 24.3. The topological polar surface area (TPSA) is 72.0 Å². The molecule has 0 saturated carbocycles.